The van der Waals surface area contributed by atoms with E-state index in [2.05, 4.69) is 31.0 Å². The zero-order valence-corrected chi connectivity index (χ0v) is 14.6. The van der Waals surface area contributed by atoms with Crippen molar-refractivity contribution in [3.63, 3.8) is 0 Å². The first kappa shape index (κ1) is 15.3. The van der Waals surface area contributed by atoms with Gasteiger partial charge in [0.1, 0.15) is 0 Å². The lowest BCUT2D eigenvalue weighted by atomic mass is 10.1. The van der Waals surface area contributed by atoms with Crippen molar-refractivity contribution in [2.75, 3.05) is 23.7 Å². The highest BCUT2D eigenvalue weighted by atomic mass is 79.9. The van der Waals surface area contributed by atoms with Crippen molar-refractivity contribution < 1.29 is 5.11 Å². The van der Waals surface area contributed by atoms with E-state index in [0.29, 0.717) is 5.75 Å². The van der Waals surface area contributed by atoms with Crippen molar-refractivity contribution in [1.29, 1.82) is 0 Å². The number of benzene rings is 1. The molecule has 4 nitrogen and oxygen atoms in total. The fourth-order valence-corrected chi connectivity index (χ4v) is 4.56. The standard InChI is InChI=1S/C14H16BrN3OS2/c15-11-5-3-4-10(8-11)12(19)9-20-14-17-16-13(21-14)18-6-1-2-7-18/h3-5,8,12,19H,1-2,6-7,9H2/t12-/m0/s1. The summed E-state index contributed by atoms with van der Waals surface area (Å²) >= 11 is 6.60. The van der Waals surface area contributed by atoms with Crippen LogP contribution in [-0.2, 0) is 0 Å². The highest BCUT2D eigenvalue weighted by Gasteiger charge is 2.17. The molecule has 2 aromatic rings. The van der Waals surface area contributed by atoms with E-state index in [9.17, 15) is 5.11 Å². The molecule has 112 valence electrons. The molecule has 0 saturated carbocycles. The molecule has 0 amide bonds. The van der Waals surface area contributed by atoms with Crippen LogP contribution in [0.4, 0.5) is 5.13 Å². The van der Waals surface area contributed by atoms with Gasteiger partial charge in [-0.15, -0.1) is 10.2 Å². The molecule has 1 N–H and O–H groups in total. The number of hydrogen-bond donors (Lipinski definition) is 1. The Morgan fingerprint density at radius 2 is 2.14 bits per heavy atom. The highest BCUT2D eigenvalue weighted by molar-refractivity contribution is 9.10. The summed E-state index contributed by atoms with van der Waals surface area (Å²) in [6, 6.07) is 7.77. The van der Waals surface area contributed by atoms with Crippen LogP contribution in [0, 0.1) is 0 Å². The molecule has 0 bridgehead atoms. The van der Waals surface area contributed by atoms with Crippen LogP contribution in [0.2, 0.25) is 0 Å². The van der Waals surface area contributed by atoms with Crippen LogP contribution in [0.1, 0.15) is 24.5 Å². The minimum Gasteiger partial charge on any atom is -0.388 e. The fraction of sp³-hybridized carbons (Fsp3) is 0.429. The Morgan fingerprint density at radius 3 is 2.90 bits per heavy atom. The topological polar surface area (TPSA) is 49.3 Å². The maximum atomic E-state index is 10.2. The van der Waals surface area contributed by atoms with Crippen molar-refractivity contribution in [2.24, 2.45) is 0 Å². The smallest absolute Gasteiger partial charge is 0.209 e. The lowest BCUT2D eigenvalue weighted by Crippen LogP contribution is -2.17. The van der Waals surface area contributed by atoms with Crippen LogP contribution in [0.3, 0.4) is 0 Å². The van der Waals surface area contributed by atoms with Crippen LogP contribution in [0.25, 0.3) is 0 Å². The molecular weight excluding hydrogens is 370 g/mol. The molecule has 1 aliphatic heterocycles. The second-order valence-electron chi connectivity index (χ2n) is 4.93. The predicted octanol–water partition coefficient (Wildman–Crippen LogP) is 3.73. The molecule has 1 saturated heterocycles. The number of aromatic nitrogens is 2. The lowest BCUT2D eigenvalue weighted by molar-refractivity contribution is 0.204. The van der Waals surface area contributed by atoms with E-state index in [4.69, 9.17) is 0 Å². The first-order chi connectivity index (χ1) is 10.2. The molecule has 1 aliphatic rings. The number of anilines is 1. The number of aliphatic hydroxyl groups is 1. The molecule has 1 atom stereocenters. The Balaban J connectivity index is 1.57. The predicted molar refractivity (Wildman–Crippen MR) is 91.2 cm³/mol. The number of thioether (sulfide) groups is 1. The van der Waals surface area contributed by atoms with Crippen LogP contribution in [-0.4, -0.2) is 34.1 Å². The van der Waals surface area contributed by atoms with Gasteiger partial charge in [0.15, 0.2) is 4.34 Å². The van der Waals surface area contributed by atoms with E-state index in [0.717, 1.165) is 32.6 Å². The maximum Gasteiger partial charge on any atom is 0.209 e. The lowest BCUT2D eigenvalue weighted by Gasteiger charge is -2.11. The van der Waals surface area contributed by atoms with Gasteiger partial charge in [-0.3, -0.25) is 0 Å². The third kappa shape index (κ3) is 3.97. The Labute approximate surface area is 140 Å². The zero-order valence-electron chi connectivity index (χ0n) is 11.4. The zero-order chi connectivity index (χ0) is 14.7. The van der Waals surface area contributed by atoms with Crippen molar-refractivity contribution >= 4 is 44.2 Å². The SMILES string of the molecule is O[C@@H](CSc1nnc(N2CCCC2)s1)c1cccc(Br)c1. The summed E-state index contributed by atoms with van der Waals surface area (Å²) in [6.45, 7) is 2.17. The van der Waals surface area contributed by atoms with Gasteiger partial charge in [0, 0.05) is 23.3 Å². The Morgan fingerprint density at radius 1 is 1.33 bits per heavy atom. The van der Waals surface area contributed by atoms with E-state index in [-0.39, 0.29) is 0 Å². The number of nitrogens with zero attached hydrogens (tertiary/aromatic N) is 3. The average molecular weight is 386 g/mol. The fourth-order valence-electron chi connectivity index (χ4n) is 2.26. The third-order valence-corrected chi connectivity index (χ3v) is 6.06. The summed E-state index contributed by atoms with van der Waals surface area (Å²) < 4.78 is 1.90. The molecule has 7 heteroatoms. The Kier molecular flexibility index (Phi) is 5.15. The summed E-state index contributed by atoms with van der Waals surface area (Å²) in [5, 5.41) is 19.7. The molecule has 0 spiro atoms. The normalized spacial score (nSPS) is 16.4. The summed E-state index contributed by atoms with van der Waals surface area (Å²) in [5.41, 5.74) is 0.918. The molecule has 0 radical (unpaired) electrons. The van der Waals surface area contributed by atoms with Crippen LogP contribution < -0.4 is 4.90 Å². The second-order valence-corrected chi connectivity index (χ2v) is 8.07. The van der Waals surface area contributed by atoms with Crippen molar-refractivity contribution in [3.05, 3.63) is 34.3 Å². The molecule has 0 aliphatic carbocycles. The molecule has 1 aromatic heterocycles. The van der Waals surface area contributed by atoms with E-state index in [1.807, 2.05) is 24.3 Å². The Hall–Kier alpha value is -0.630. The minimum absolute atomic E-state index is 0.494. The quantitative estimate of drug-likeness (QED) is 0.794. The van der Waals surface area contributed by atoms with Crippen LogP contribution in [0.5, 0.6) is 0 Å². The molecular formula is C14H16BrN3OS2. The summed E-state index contributed by atoms with van der Waals surface area (Å²) in [5.74, 6) is 0.588. The van der Waals surface area contributed by atoms with Crippen LogP contribution >= 0.6 is 39.0 Å². The number of hydrogen-bond acceptors (Lipinski definition) is 6. The largest absolute Gasteiger partial charge is 0.388 e. The molecule has 1 fully saturated rings. The molecule has 21 heavy (non-hydrogen) atoms. The third-order valence-electron chi connectivity index (χ3n) is 3.37. The van der Waals surface area contributed by atoms with Gasteiger partial charge in [-0.25, -0.2) is 0 Å². The average Bonchev–Trinajstić information content (AvgIpc) is 3.15. The maximum absolute atomic E-state index is 10.2. The van der Waals surface area contributed by atoms with Crippen molar-refractivity contribution in [1.82, 2.24) is 10.2 Å². The van der Waals surface area contributed by atoms with Gasteiger partial charge in [0.25, 0.3) is 0 Å². The van der Waals surface area contributed by atoms with Crippen molar-refractivity contribution in [2.45, 2.75) is 23.3 Å². The summed E-state index contributed by atoms with van der Waals surface area (Å²) in [4.78, 5) is 2.28. The summed E-state index contributed by atoms with van der Waals surface area (Å²) in [6.07, 6.45) is 1.99. The molecule has 3 rings (SSSR count). The van der Waals surface area contributed by atoms with Crippen molar-refractivity contribution in [3.8, 4) is 0 Å². The van der Waals surface area contributed by atoms with Gasteiger partial charge in [-0.1, -0.05) is 51.2 Å². The molecule has 0 unspecified atom stereocenters. The van der Waals surface area contributed by atoms with E-state index in [1.165, 1.54) is 12.8 Å². The summed E-state index contributed by atoms with van der Waals surface area (Å²) in [7, 11) is 0. The van der Waals surface area contributed by atoms with Gasteiger partial charge in [-0.05, 0) is 30.5 Å². The number of aliphatic hydroxyl groups excluding tert-OH is 1. The minimum atomic E-state index is -0.494. The number of halogens is 1. The van der Waals surface area contributed by atoms with E-state index >= 15 is 0 Å². The highest BCUT2D eigenvalue weighted by Crippen LogP contribution is 2.32. The molecule has 2 heterocycles. The van der Waals surface area contributed by atoms with E-state index < -0.39 is 6.10 Å². The first-order valence-corrected chi connectivity index (χ1v) is 9.46. The molecule has 1 aromatic carbocycles. The van der Waals surface area contributed by atoms with Crippen LogP contribution in [0.15, 0.2) is 33.1 Å². The Bertz CT molecular complexity index is 601. The number of rotatable bonds is 5. The van der Waals surface area contributed by atoms with Gasteiger partial charge in [0.2, 0.25) is 5.13 Å². The monoisotopic (exact) mass is 385 g/mol. The van der Waals surface area contributed by atoms with Gasteiger partial charge in [0.05, 0.1) is 6.10 Å². The first-order valence-electron chi connectivity index (χ1n) is 6.87. The second kappa shape index (κ2) is 7.09. The van der Waals surface area contributed by atoms with E-state index in [1.54, 1.807) is 23.1 Å². The van der Waals surface area contributed by atoms with Gasteiger partial charge < -0.3 is 10.0 Å². The van der Waals surface area contributed by atoms with Gasteiger partial charge in [-0.2, -0.15) is 0 Å². The van der Waals surface area contributed by atoms with Gasteiger partial charge >= 0.3 is 0 Å².